The van der Waals surface area contributed by atoms with Gasteiger partial charge in [-0.2, -0.15) is 0 Å². The summed E-state index contributed by atoms with van der Waals surface area (Å²) in [6, 6.07) is 0.592. The Labute approximate surface area is 146 Å². The Morgan fingerprint density at radius 1 is 1.13 bits per heavy atom. The van der Waals surface area contributed by atoms with Crippen molar-refractivity contribution < 1.29 is 9.59 Å². The van der Waals surface area contributed by atoms with E-state index in [0.717, 1.165) is 25.9 Å². The molecule has 3 atom stereocenters. The Bertz CT molecular complexity index is 415. The van der Waals surface area contributed by atoms with Crippen LogP contribution in [-0.4, -0.2) is 47.9 Å². The highest BCUT2D eigenvalue weighted by molar-refractivity contribution is 5.88. The number of amides is 2. The second-order valence-corrected chi connectivity index (χ2v) is 7.60. The third kappa shape index (κ3) is 5.64. The van der Waals surface area contributed by atoms with Gasteiger partial charge in [0.25, 0.3) is 0 Å². The first-order chi connectivity index (χ1) is 10.4. The quantitative estimate of drug-likeness (QED) is 0.800. The highest BCUT2D eigenvalue weighted by Gasteiger charge is 2.35. The summed E-state index contributed by atoms with van der Waals surface area (Å²) in [6.07, 6.45) is 3.88. The average Bonchev–Trinajstić information content (AvgIpc) is 2.73. The van der Waals surface area contributed by atoms with Crippen molar-refractivity contribution in [2.24, 2.45) is 11.8 Å². The van der Waals surface area contributed by atoms with Crippen LogP contribution in [0.5, 0.6) is 0 Å². The molecule has 2 bridgehead atoms. The van der Waals surface area contributed by atoms with Crippen molar-refractivity contribution in [2.75, 3.05) is 13.1 Å². The van der Waals surface area contributed by atoms with Crippen LogP contribution in [-0.2, 0) is 9.59 Å². The van der Waals surface area contributed by atoms with Crippen LogP contribution in [0.1, 0.15) is 53.4 Å². The van der Waals surface area contributed by atoms with Crippen LogP contribution < -0.4 is 10.6 Å². The van der Waals surface area contributed by atoms with Crippen LogP contribution in [0.4, 0.5) is 0 Å². The van der Waals surface area contributed by atoms with Gasteiger partial charge in [0.15, 0.2) is 0 Å². The maximum atomic E-state index is 12.9. The van der Waals surface area contributed by atoms with E-state index in [1.54, 1.807) is 0 Å². The van der Waals surface area contributed by atoms with Gasteiger partial charge in [0.1, 0.15) is 6.04 Å². The molecule has 23 heavy (non-hydrogen) atoms. The number of hydrogen-bond acceptors (Lipinski definition) is 3. The fourth-order valence-corrected chi connectivity index (χ4v) is 3.46. The highest BCUT2D eigenvalue weighted by atomic mass is 35.5. The van der Waals surface area contributed by atoms with Gasteiger partial charge in [0, 0.05) is 31.6 Å². The van der Waals surface area contributed by atoms with E-state index in [9.17, 15) is 9.59 Å². The van der Waals surface area contributed by atoms with Crippen LogP contribution >= 0.6 is 12.4 Å². The molecular weight excluding hydrogens is 314 g/mol. The number of nitrogens with one attached hydrogen (secondary N) is 2. The van der Waals surface area contributed by atoms with Gasteiger partial charge >= 0.3 is 0 Å². The zero-order chi connectivity index (χ0) is 16.3. The van der Waals surface area contributed by atoms with Crippen molar-refractivity contribution >= 4 is 24.2 Å². The molecule has 0 radical (unpaired) electrons. The van der Waals surface area contributed by atoms with Gasteiger partial charge in [-0.25, -0.2) is 0 Å². The second-order valence-electron chi connectivity index (χ2n) is 7.60. The second kappa shape index (κ2) is 8.88. The van der Waals surface area contributed by atoms with E-state index in [0.29, 0.717) is 24.4 Å². The average molecular weight is 346 g/mol. The number of likely N-dealkylation sites (tertiary alicyclic amines) is 1. The molecule has 2 aliphatic rings. The molecule has 2 N–H and O–H groups in total. The Morgan fingerprint density at radius 2 is 1.78 bits per heavy atom. The summed E-state index contributed by atoms with van der Waals surface area (Å²) in [4.78, 5) is 26.9. The van der Waals surface area contributed by atoms with E-state index in [1.165, 1.54) is 6.42 Å². The number of nitrogens with zero attached hydrogens (tertiary/aromatic N) is 1. The molecule has 2 rings (SSSR count). The lowest BCUT2D eigenvalue weighted by Crippen LogP contribution is -2.53. The van der Waals surface area contributed by atoms with E-state index in [-0.39, 0.29) is 30.1 Å². The van der Waals surface area contributed by atoms with Gasteiger partial charge < -0.3 is 15.5 Å². The minimum Gasteiger partial charge on any atom is -0.344 e. The smallest absolute Gasteiger partial charge is 0.245 e. The molecule has 0 aromatic carbocycles. The molecule has 2 saturated heterocycles. The molecule has 3 unspecified atom stereocenters. The molecule has 0 aromatic rings. The Kier molecular flexibility index (Phi) is 7.81. The van der Waals surface area contributed by atoms with Gasteiger partial charge in [0.2, 0.25) is 11.8 Å². The van der Waals surface area contributed by atoms with Gasteiger partial charge in [-0.3, -0.25) is 9.59 Å². The van der Waals surface area contributed by atoms with E-state index in [2.05, 4.69) is 10.6 Å². The minimum atomic E-state index is -0.400. The van der Waals surface area contributed by atoms with E-state index < -0.39 is 6.04 Å². The summed E-state index contributed by atoms with van der Waals surface area (Å²) >= 11 is 0. The largest absolute Gasteiger partial charge is 0.344 e. The first-order valence-electron chi connectivity index (χ1n) is 8.71. The fourth-order valence-electron chi connectivity index (χ4n) is 3.46. The number of hydrogen-bond donors (Lipinski definition) is 2. The molecule has 2 amide bonds. The predicted octanol–water partition coefficient (Wildman–Crippen LogP) is 1.95. The monoisotopic (exact) mass is 345 g/mol. The van der Waals surface area contributed by atoms with Gasteiger partial charge in [-0.05, 0) is 31.1 Å². The van der Waals surface area contributed by atoms with Crippen molar-refractivity contribution in [3.8, 4) is 0 Å². The van der Waals surface area contributed by atoms with Crippen molar-refractivity contribution in [2.45, 2.75) is 71.5 Å². The van der Waals surface area contributed by atoms with Gasteiger partial charge in [-0.1, -0.05) is 27.7 Å². The number of fused-ring (bicyclic) bond motifs is 2. The molecule has 5 nitrogen and oxygen atoms in total. The minimum absolute atomic E-state index is 0. The molecule has 0 saturated carbocycles. The normalized spacial score (nSPS) is 25.0. The third-order valence-electron chi connectivity index (χ3n) is 4.68. The number of halogens is 1. The van der Waals surface area contributed by atoms with Gasteiger partial charge in [-0.15, -0.1) is 12.4 Å². The highest BCUT2D eigenvalue weighted by Crippen LogP contribution is 2.21. The zero-order valence-corrected chi connectivity index (χ0v) is 15.6. The number of rotatable bonds is 5. The van der Waals surface area contributed by atoms with Crippen LogP contribution in [0.2, 0.25) is 0 Å². The first kappa shape index (κ1) is 20.2. The summed E-state index contributed by atoms with van der Waals surface area (Å²) < 4.78 is 0. The fraction of sp³-hybridized carbons (Fsp3) is 0.882. The summed E-state index contributed by atoms with van der Waals surface area (Å²) in [5, 5.41) is 6.55. The van der Waals surface area contributed by atoms with Crippen LogP contribution in [0.3, 0.4) is 0 Å². The first-order valence-corrected chi connectivity index (χ1v) is 8.71. The molecule has 134 valence electrons. The van der Waals surface area contributed by atoms with Crippen LogP contribution in [0.25, 0.3) is 0 Å². The predicted molar refractivity (Wildman–Crippen MR) is 94.6 cm³/mol. The van der Waals surface area contributed by atoms with Crippen molar-refractivity contribution in [1.82, 2.24) is 15.5 Å². The van der Waals surface area contributed by atoms with E-state index in [4.69, 9.17) is 0 Å². The van der Waals surface area contributed by atoms with Crippen molar-refractivity contribution in [3.05, 3.63) is 0 Å². The zero-order valence-electron chi connectivity index (χ0n) is 14.8. The molecule has 2 aliphatic heterocycles. The van der Waals surface area contributed by atoms with Crippen molar-refractivity contribution in [3.63, 3.8) is 0 Å². The van der Waals surface area contributed by atoms with Gasteiger partial charge in [0.05, 0.1) is 0 Å². The molecule has 0 aromatic heterocycles. The lowest BCUT2D eigenvalue weighted by molar-refractivity contribution is -0.138. The lowest BCUT2D eigenvalue weighted by Gasteiger charge is -2.31. The molecule has 6 heteroatoms. The molecule has 2 fully saturated rings. The molecule has 0 spiro atoms. The van der Waals surface area contributed by atoms with E-state index >= 15 is 0 Å². The topological polar surface area (TPSA) is 61.4 Å². The van der Waals surface area contributed by atoms with Crippen molar-refractivity contribution in [1.29, 1.82) is 0 Å². The van der Waals surface area contributed by atoms with Crippen LogP contribution in [0.15, 0.2) is 0 Å². The van der Waals surface area contributed by atoms with Crippen LogP contribution in [0, 0.1) is 11.8 Å². The molecule has 0 aliphatic carbocycles. The Morgan fingerprint density at radius 3 is 2.39 bits per heavy atom. The number of carbonyl (C=O) groups is 2. The molecular formula is C17H32ClN3O2. The standard InChI is InChI=1S/C17H31N3O2.ClH/c1-11(2)9-15(21)19-16(12(3)4)17(22)20-8-7-13-5-6-14(10-20)18-13;/h11-14,16,18H,5-10H2,1-4H3,(H,19,21);1H. The lowest BCUT2D eigenvalue weighted by atomic mass is 10.0. The third-order valence-corrected chi connectivity index (χ3v) is 4.68. The maximum Gasteiger partial charge on any atom is 0.245 e. The Balaban J connectivity index is 0.00000264. The summed E-state index contributed by atoms with van der Waals surface area (Å²) in [7, 11) is 0. The van der Waals surface area contributed by atoms with E-state index in [1.807, 2.05) is 32.6 Å². The SMILES string of the molecule is CC(C)CC(=O)NC(C(=O)N1CCC2CCC(C1)N2)C(C)C.Cl. The maximum absolute atomic E-state index is 12.9. The summed E-state index contributed by atoms with van der Waals surface area (Å²) in [6.45, 7) is 9.61. The summed E-state index contributed by atoms with van der Waals surface area (Å²) in [5.74, 6) is 0.482. The number of carbonyl (C=O) groups excluding carboxylic acids is 2. The summed E-state index contributed by atoms with van der Waals surface area (Å²) in [5.41, 5.74) is 0. The Hall–Kier alpha value is -0.810. The molecule has 2 heterocycles.